The van der Waals surface area contributed by atoms with E-state index in [4.69, 9.17) is 0 Å². The minimum atomic E-state index is 0.173. The molecule has 0 aliphatic heterocycles. The number of hydrogen-bond donors (Lipinski definition) is 1. The van der Waals surface area contributed by atoms with Crippen LogP contribution in [0.1, 0.15) is 31.9 Å². The second kappa shape index (κ2) is 6.60. The van der Waals surface area contributed by atoms with Gasteiger partial charge in [0.15, 0.2) is 0 Å². The lowest BCUT2D eigenvalue weighted by molar-refractivity contribution is 0.424. The maximum Gasteiger partial charge on any atom is 0.0240 e. The molecule has 0 amide bonds. The van der Waals surface area contributed by atoms with Gasteiger partial charge in [0, 0.05) is 22.7 Å². The highest BCUT2D eigenvalue weighted by Gasteiger charge is 2.08. The molecule has 0 radical (unpaired) electrons. The highest BCUT2D eigenvalue weighted by molar-refractivity contribution is 7.98. The summed E-state index contributed by atoms with van der Waals surface area (Å²) in [6, 6.07) is 11.1. The molecule has 0 bridgehead atoms. The molecule has 102 valence electrons. The van der Waals surface area contributed by atoms with Crippen LogP contribution in [-0.2, 0) is 12.3 Å². The van der Waals surface area contributed by atoms with E-state index in [1.54, 1.807) is 11.3 Å². The predicted molar refractivity (Wildman–Crippen MR) is 86.9 cm³/mol. The van der Waals surface area contributed by atoms with E-state index in [0.717, 1.165) is 12.3 Å². The first-order valence-electron chi connectivity index (χ1n) is 6.51. The smallest absolute Gasteiger partial charge is 0.0240 e. The third-order valence-electron chi connectivity index (χ3n) is 2.73. The summed E-state index contributed by atoms with van der Waals surface area (Å²) in [5, 5.41) is 7.86. The molecule has 0 unspecified atom stereocenters. The molecule has 3 heteroatoms. The Kier molecular flexibility index (Phi) is 5.08. The van der Waals surface area contributed by atoms with Crippen LogP contribution in [0.3, 0.4) is 0 Å². The molecule has 1 N–H and O–H groups in total. The molecule has 19 heavy (non-hydrogen) atoms. The molecule has 0 aliphatic rings. The molecular formula is C16H21NS2. The molecule has 0 saturated heterocycles. The molecule has 0 fully saturated rings. The van der Waals surface area contributed by atoms with Crippen LogP contribution in [0.2, 0.25) is 0 Å². The van der Waals surface area contributed by atoms with Gasteiger partial charge in [-0.15, -0.1) is 11.8 Å². The van der Waals surface area contributed by atoms with E-state index in [9.17, 15) is 0 Å². The normalized spacial score (nSPS) is 11.7. The summed E-state index contributed by atoms with van der Waals surface area (Å²) in [6.07, 6.45) is 0. The number of thioether (sulfide) groups is 1. The SMILES string of the molecule is CC(C)(C)NCc1ccc(SCc2ccsc2)cc1. The van der Waals surface area contributed by atoms with Crippen LogP contribution in [0.4, 0.5) is 0 Å². The Hall–Kier alpha value is -0.770. The van der Waals surface area contributed by atoms with Crippen LogP contribution >= 0.6 is 23.1 Å². The summed E-state index contributed by atoms with van der Waals surface area (Å²) in [5.41, 5.74) is 2.93. The van der Waals surface area contributed by atoms with E-state index in [0.29, 0.717) is 0 Å². The van der Waals surface area contributed by atoms with E-state index >= 15 is 0 Å². The largest absolute Gasteiger partial charge is 0.308 e. The lowest BCUT2D eigenvalue weighted by Gasteiger charge is -2.20. The second-order valence-electron chi connectivity index (χ2n) is 5.67. The monoisotopic (exact) mass is 291 g/mol. The van der Waals surface area contributed by atoms with Crippen molar-refractivity contribution in [3.63, 3.8) is 0 Å². The quantitative estimate of drug-likeness (QED) is 0.784. The second-order valence-corrected chi connectivity index (χ2v) is 7.50. The molecule has 2 rings (SSSR count). The van der Waals surface area contributed by atoms with Gasteiger partial charge in [-0.25, -0.2) is 0 Å². The van der Waals surface area contributed by atoms with Crippen molar-refractivity contribution in [3.8, 4) is 0 Å². The predicted octanol–water partition coefficient (Wildman–Crippen LogP) is 4.93. The third-order valence-corrected chi connectivity index (χ3v) is 4.55. The summed E-state index contributed by atoms with van der Waals surface area (Å²) in [7, 11) is 0. The van der Waals surface area contributed by atoms with Crippen LogP contribution in [0.5, 0.6) is 0 Å². The van der Waals surface area contributed by atoms with Crippen LogP contribution in [0, 0.1) is 0 Å². The summed E-state index contributed by atoms with van der Waals surface area (Å²) >= 11 is 3.66. The minimum absolute atomic E-state index is 0.173. The summed E-state index contributed by atoms with van der Waals surface area (Å²) in [6.45, 7) is 7.51. The average Bonchev–Trinajstić information content (AvgIpc) is 2.87. The maximum atomic E-state index is 3.51. The first-order valence-corrected chi connectivity index (χ1v) is 8.44. The fraction of sp³-hybridized carbons (Fsp3) is 0.375. The fourth-order valence-electron chi connectivity index (χ4n) is 1.61. The van der Waals surface area contributed by atoms with Gasteiger partial charge in [-0.1, -0.05) is 12.1 Å². The van der Waals surface area contributed by atoms with E-state index < -0.39 is 0 Å². The van der Waals surface area contributed by atoms with Gasteiger partial charge in [-0.05, 0) is 60.9 Å². The van der Waals surface area contributed by atoms with Gasteiger partial charge in [0.25, 0.3) is 0 Å². The van der Waals surface area contributed by atoms with E-state index in [1.165, 1.54) is 16.0 Å². The first kappa shape index (κ1) is 14.6. The Balaban J connectivity index is 1.84. The molecule has 0 aliphatic carbocycles. The van der Waals surface area contributed by atoms with E-state index in [1.807, 2.05) is 11.8 Å². The van der Waals surface area contributed by atoms with E-state index in [-0.39, 0.29) is 5.54 Å². The Labute approximate surface area is 124 Å². The van der Waals surface area contributed by atoms with Gasteiger partial charge < -0.3 is 5.32 Å². The summed E-state index contributed by atoms with van der Waals surface area (Å²) in [5.74, 6) is 1.06. The van der Waals surface area contributed by atoms with Gasteiger partial charge in [0.1, 0.15) is 0 Å². The highest BCUT2D eigenvalue weighted by atomic mass is 32.2. The lowest BCUT2D eigenvalue weighted by atomic mass is 10.1. The summed E-state index contributed by atoms with van der Waals surface area (Å²) in [4.78, 5) is 1.34. The van der Waals surface area contributed by atoms with Gasteiger partial charge in [-0.3, -0.25) is 0 Å². The highest BCUT2D eigenvalue weighted by Crippen LogP contribution is 2.24. The Morgan fingerprint density at radius 1 is 1.05 bits per heavy atom. The zero-order valence-corrected chi connectivity index (χ0v) is 13.4. The van der Waals surface area contributed by atoms with Gasteiger partial charge in [-0.2, -0.15) is 11.3 Å². The van der Waals surface area contributed by atoms with Crippen LogP contribution < -0.4 is 5.32 Å². The van der Waals surface area contributed by atoms with Gasteiger partial charge >= 0.3 is 0 Å². The van der Waals surface area contributed by atoms with Crippen molar-refractivity contribution in [1.29, 1.82) is 0 Å². The van der Waals surface area contributed by atoms with Gasteiger partial charge in [0.05, 0.1) is 0 Å². The molecule has 0 atom stereocenters. The topological polar surface area (TPSA) is 12.0 Å². The molecule has 1 heterocycles. The Morgan fingerprint density at radius 3 is 2.37 bits per heavy atom. The van der Waals surface area contributed by atoms with Crippen LogP contribution in [0.15, 0.2) is 46.0 Å². The summed E-state index contributed by atoms with van der Waals surface area (Å²) < 4.78 is 0. The number of thiophene rings is 1. The molecule has 1 aromatic heterocycles. The average molecular weight is 291 g/mol. The fourth-order valence-corrected chi connectivity index (χ4v) is 3.23. The van der Waals surface area contributed by atoms with Crippen molar-refractivity contribution in [2.24, 2.45) is 0 Å². The van der Waals surface area contributed by atoms with E-state index in [2.05, 4.69) is 67.2 Å². The van der Waals surface area contributed by atoms with Crippen molar-refractivity contribution >= 4 is 23.1 Å². The number of nitrogens with one attached hydrogen (secondary N) is 1. The van der Waals surface area contributed by atoms with Crippen molar-refractivity contribution in [3.05, 3.63) is 52.2 Å². The van der Waals surface area contributed by atoms with Crippen LogP contribution in [-0.4, -0.2) is 5.54 Å². The molecule has 0 saturated carbocycles. The maximum absolute atomic E-state index is 3.51. The lowest BCUT2D eigenvalue weighted by Crippen LogP contribution is -2.35. The van der Waals surface area contributed by atoms with Gasteiger partial charge in [0.2, 0.25) is 0 Å². The number of hydrogen-bond acceptors (Lipinski definition) is 3. The zero-order valence-electron chi connectivity index (χ0n) is 11.8. The minimum Gasteiger partial charge on any atom is -0.308 e. The van der Waals surface area contributed by atoms with Crippen molar-refractivity contribution < 1.29 is 0 Å². The standard InChI is InChI=1S/C16H21NS2/c1-16(2,3)17-10-13-4-6-15(7-5-13)19-12-14-8-9-18-11-14/h4-9,11,17H,10,12H2,1-3H3. The third kappa shape index (κ3) is 5.39. The Bertz CT molecular complexity index is 480. The molecule has 0 spiro atoms. The first-order chi connectivity index (χ1) is 9.03. The number of rotatable bonds is 5. The Morgan fingerprint density at radius 2 is 1.79 bits per heavy atom. The van der Waals surface area contributed by atoms with Crippen molar-refractivity contribution in [2.75, 3.05) is 0 Å². The molecule has 2 aromatic rings. The zero-order chi connectivity index (χ0) is 13.7. The molecular weight excluding hydrogens is 270 g/mol. The molecule has 1 nitrogen and oxygen atoms in total. The number of benzene rings is 1. The molecule has 1 aromatic carbocycles. The van der Waals surface area contributed by atoms with Crippen molar-refractivity contribution in [2.45, 2.75) is 43.5 Å². The van der Waals surface area contributed by atoms with Crippen molar-refractivity contribution in [1.82, 2.24) is 5.32 Å². The van der Waals surface area contributed by atoms with Crippen LogP contribution in [0.25, 0.3) is 0 Å².